The third-order valence-corrected chi connectivity index (χ3v) is 6.49. The molecule has 1 fully saturated rings. The van der Waals surface area contributed by atoms with Crippen LogP contribution in [0.2, 0.25) is 0 Å². The smallest absolute Gasteiger partial charge is 0.148 e. The zero-order valence-electron chi connectivity index (χ0n) is 19.0. The van der Waals surface area contributed by atoms with Crippen molar-refractivity contribution in [2.45, 2.75) is 57.8 Å². The minimum atomic E-state index is -0.478. The topological polar surface area (TPSA) is 101 Å². The molecule has 0 spiro atoms. The Balaban J connectivity index is 1.54. The highest BCUT2D eigenvalue weighted by atomic mass is 19.1. The summed E-state index contributed by atoms with van der Waals surface area (Å²) < 4.78 is 23.2. The number of nitrogens with zero attached hydrogens (tertiary/aromatic N) is 6. The van der Waals surface area contributed by atoms with Gasteiger partial charge in [0.05, 0.1) is 36.4 Å². The summed E-state index contributed by atoms with van der Waals surface area (Å²) in [4.78, 5) is 4.12. The maximum atomic E-state index is 13.3. The summed E-state index contributed by atoms with van der Waals surface area (Å²) in [5.74, 6) is 0.0614. The summed E-state index contributed by atoms with van der Waals surface area (Å²) in [7, 11) is 0. The zero-order chi connectivity index (χ0) is 23.8. The SMILES string of the molecule is Cc1c(-c2cc(O[C@H](C)c3ccc(F)cn3)c3c(C#N)cnn3c2)cnn1[C@H]1CCC[C@@H](O)C1. The first kappa shape index (κ1) is 22.0. The number of aliphatic hydroxyl groups excluding tert-OH is 1. The van der Waals surface area contributed by atoms with E-state index >= 15 is 0 Å². The summed E-state index contributed by atoms with van der Waals surface area (Å²) in [5.41, 5.74) is 4.28. The molecule has 0 unspecified atom stereocenters. The van der Waals surface area contributed by atoms with Crippen LogP contribution in [0.5, 0.6) is 5.75 Å². The lowest BCUT2D eigenvalue weighted by molar-refractivity contribution is 0.0995. The zero-order valence-corrected chi connectivity index (χ0v) is 19.0. The quantitative estimate of drug-likeness (QED) is 0.470. The first-order chi connectivity index (χ1) is 16.4. The third kappa shape index (κ3) is 4.01. The van der Waals surface area contributed by atoms with Crippen LogP contribution >= 0.6 is 0 Å². The van der Waals surface area contributed by atoms with Gasteiger partial charge in [-0.15, -0.1) is 0 Å². The van der Waals surface area contributed by atoms with Gasteiger partial charge in [0.25, 0.3) is 0 Å². The van der Waals surface area contributed by atoms with Crippen LogP contribution in [0.25, 0.3) is 16.6 Å². The molecule has 4 aromatic rings. The van der Waals surface area contributed by atoms with Gasteiger partial charge in [-0.25, -0.2) is 8.91 Å². The predicted octanol–water partition coefficient (Wildman–Crippen LogP) is 4.53. The Morgan fingerprint density at radius 2 is 2.09 bits per heavy atom. The van der Waals surface area contributed by atoms with Crippen LogP contribution in [0.4, 0.5) is 4.39 Å². The van der Waals surface area contributed by atoms with E-state index in [4.69, 9.17) is 4.74 Å². The molecule has 1 aliphatic carbocycles. The molecule has 0 aromatic carbocycles. The average Bonchev–Trinajstić information content (AvgIpc) is 3.42. The molecule has 4 aromatic heterocycles. The van der Waals surface area contributed by atoms with Crippen LogP contribution in [0.1, 0.15) is 61.7 Å². The first-order valence-electron chi connectivity index (χ1n) is 11.4. The van der Waals surface area contributed by atoms with Crippen LogP contribution < -0.4 is 4.74 Å². The predicted molar refractivity (Wildman–Crippen MR) is 123 cm³/mol. The minimum Gasteiger partial charge on any atom is -0.482 e. The van der Waals surface area contributed by atoms with E-state index in [0.717, 1.165) is 42.3 Å². The normalized spacial score (nSPS) is 19.1. The van der Waals surface area contributed by atoms with Crippen LogP contribution in [0, 0.1) is 24.1 Å². The van der Waals surface area contributed by atoms with Crippen molar-refractivity contribution >= 4 is 5.52 Å². The molecule has 34 heavy (non-hydrogen) atoms. The fourth-order valence-electron chi connectivity index (χ4n) is 4.72. The van der Waals surface area contributed by atoms with Gasteiger partial charge in [0, 0.05) is 23.0 Å². The number of aliphatic hydroxyl groups is 1. The number of nitriles is 1. The molecule has 5 rings (SSSR count). The van der Waals surface area contributed by atoms with Gasteiger partial charge in [0.1, 0.15) is 34.8 Å². The van der Waals surface area contributed by atoms with Gasteiger partial charge in [-0.3, -0.25) is 9.67 Å². The standard InChI is InChI=1S/C25H25FN6O2/c1-15-22(13-30-32(15)20-4-3-5-21(33)9-20)17-8-24(25-18(10-27)11-29-31(25)14-17)34-16(2)23-7-6-19(26)12-28-23/h6-8,11-14,16,20-21,33H,3-5,9H2,1-2H3/t16-,20+,21-/m1/s1. The van der Waals surface area contributed by atoms with E-state index in [1.165, 1.54) is 12.3 Å². The molecule has 1 aliphatic rings. The number of halogens is 1. The first-order valence-corrected chi connectivity index (χ1v) is 11.4. The molecule has 0 bridgehead atoms. The number of hydrogen-bond acceptors (Lipinski definition) is 6. The Labute approximate surface area is 196 Å². The molecule has 1 N–H and O–H groups in total. The van der Waals surface area contributed by atoms with Crippen molar-refractivity contribution in [3.63, 3.8) is 0 Å². The second kappa shape index (κ2) is 8.88. The summed E-state index contributed by atoms with van der Waals surface area (Å²) >= 11 is 0. The number of pyridine rings is 2. The van der Waals surface area contributed by atoms with E-state index < -0.39 is 11.9 Å². The van der Waals surface area contributed by atoms with Gasteiger partial charge in [0.2, 0.25) is 0 Å². The van der Waals surface area contributed by atoms with Gasteiger partial charge in [-0.2, -0.15) is 15.5 Å². The van der Waals surface area contributed by atoms with Crippen LogP contribution in [-0.2, 0) is 0 Å². The molecule has 4 heterocycles. The Kier molecular flexibility index (Phi) is 5.75. The Hall–Kier alpha value is -3.77. The second-order valence-electron chi connectivity index (χ2n) is 8.78. The largest absolute Gasteiger partial charge is 0.482 e. The lowest BCUT2D eigenvalue weighted by Gasteiger charge is -2.27. The number of hydrogen-bond donors (Lipinski definition) is 1. The average molecular weight is 461 g/mol. The van der Waals surface area contributed by atoms with Crippen LogP contribution in [0.15, 0.2) is 43.0 Å². The molecule has 0 amide bonds. The maximum Gasteiger partial charge on any atom is 0.148 e. The number of rotatable bonds is 5. The van der Waals surface area contributed by atoms with E-state index in [1.54, 1.807) is 10.6 Å². The van der Waals surface area contributed by atoms with Crippen LogP contribution in [-0.4, -0.2) is 35.6 Å². The Bertz CT molecular complexity index is 1370. The number of fused-ring (bicyclic) bond motifs is 1. The van der Waals surface area contributed by atoms with Gasteiger partial charge in [-0.1, -0.05) is 0 Å². The van der Waals surface area contributed by atoms with E-state index in [-0.39, 0.29) is 12.1 Å². The molecule has 0 saturated heterocycles. The summed E-state index contributed by atoms with van der Waals surface area (Å²) in [6.07, 6.45) is 9.06. The molecule has 3 atom stereocenters. The van der Waals surface area contributed by atoms with Crippen molar-refractivity contribution < 1.29 is 14.2 Å². The fourth-order valence-corrected chi connectivity index (χ4v) is 4.72. The molecule has 1 saturated carbocycles. The third-order valence-electron chi connectivity index (χ3n) is 6.49. The van der Waals surface area contributed by atoms with Crippen molar-refractivity contribution in [3.05, 3.63) is 65.8 Å². The van der Waals surface area contributed by atoms with E-state index in [0.29, 0.717) is 28.9 Å². The summed E-state index contributed by atoms with van der Waals surface area (Å²) in [6.45, 7) is 3.84. The van der Waals surface area contributed by atoms with Gasteiger partial charge >= 0.3 is 0 Å². The molecule has 8 nitrogen and oxygen atoms in total. The second-order valence-corrected chi connectivity index (χ2v) is 8.78. The molecular formula is C25H25FN6O2. The Morgan fingerprint density at radius 3 is 2.82 bits per heavy atom. The van der Waals surface area contributed by atoms with Gasteiger partial charge < -0.3 is 9.84 Å². The van der Waals surface area contributed by atoms with Crippen molar-refractivity contribution in [2.75, 3.05) is 0 Å². The molecule has 174 valence electrons. The Morgan fingerprint density at radius 1 is 1.24 bits per heavy atom. The highest BCUT2D eigenvalue weighted by Crippen LogP contribution is 2.36. The molecular weight excluding hydrogens is 435 g/mol. The van der Waals surface area contributed by atoms with Gasteiger partial charge in [0.15, 0.2) is 0 Å². The number of ether oxygens (including phenoxy) is 1. The molecule has 0 aliphatic heterocycles. The summed E-state index contributed by atoms with van der Waals surface area (Å²) in [5, 5.41) is 28.7. The number of aromatic nitrogens is 5. The van der Waals surface area contributed by atoms with E-state index in [2.05, 4.69) is 21.3 Å². The minimum absolute atomic E-state index is 0.163. The van der Waals surface area contributed by atoms with Crippen molar-refractivity contribution in [2.24, 2.45) is 0 Å². The van der Waals surface area contributed by atoms with Crippen molar-refractivity contribution in [3.8, 4) is 22.9 Å². The van der Waals surface area contributed by atoms with Crippen LogP contribution in [0.3, 0.4) is 0 Å². The molecule has 9 heteroatoms. The molecule has 0 radical (unpaired) electrons. The fraction of sp³-hybridized carbons (Fsp3) is 0.360. The lowest BCUT2D eigenvalue weighted by Crippen LogP contribution is -2.23. The van der Waals surface area contributed by atoms with Gasteiger partial charge in [-0.05, 0) is 57.7 Å². The van der Waals surface area contributed by atoms with Crippen molar-refractivity contribution in [1.29, 1.82) is 5.26 Å². The highest BCUT2D eigenvalue weighted by Gasteiger charge is 2.25. The highest BCUT2D eigenvalue weighted by molar-refractivity contribution is 5.76. The summed E-state index contributed by atoms with van der Waals surface area (Å²) in [6, 6.07) is 7.12. The van der Waals surface area contributed by atoms with Crippen molar-refractivity contribution in [1.82, 2.24) is 24.4 Å². The monoisotopic (exact) mass is 460 g/mol. The van der Waals surface area contributed by atoms with E-state index in [9.17, 15) is 14.8 Å². The van der Waals surface area contributed by atoms with E-state index in [1.807, 2.05) is 37.0 Å². The maximum absolute atomic E-state index is 13.3. The lowest BCUT2D eigenvalue weighted by atomic mass is 9.93.